The summed E-state index contributed by atoms with van der Waals surface area (Å²) < 4.78 is 2.53. The number of fused-ring (bicyclic) bond motifs is 5. The molecule has 10 rings (SSSR count). The lowest BCUT2D eigenvalue weighted by Gasteiger charge is -2.13. The molecule has 0 bridgehead atoms. The molecular weight excluding hydrogens is 739 g/mol. The Hall–Kier alpha value is -7.41. The van der Waals surface area contributed by atoms with E-state index in [-0.39, 0.29) is 0 Å². The van der Waals surface area contributed by atoms with Gasteiger partial charge in [-0.3, -0.25) is 0 Å². The minimum absolute atomic E-state index is 0.629. The molecule has 0 spiro atoms. The van der Waals surface area contributed by atoms with Crippen molar-refractivity contribution < 1.29 is 0 Å². The molecule has 0 unspecified atom stereocenters. The molecule has 5 nitrogen and oxygen atoms in total. The number of rotatable bonds is 8. The zero-order valence-corrected chi connectivity index (χ0v) is 33.4. The monoisotopic (exact) mass is 775 g/mol. The van der Waals surface area contributed by atoms with Crippen LogP contribution in [-0.2, 0) is 0 Å². The summed E-state index contributed by atoms with van der Waals surface area (Å²) in [6.07, 6.45) is 4.29. The molecule has 10 aromatic rings. The molecule has 0 aliphatic heterocycles. The van der Waals surface area contributed by atoms with Crippen LogP contribution in [0.25, 0.3) is 98.8 Å². The van der Waals surface area contributed by atoms with Gasteiger partial charge >= 0.3 is 0 Å². The molecule has 0 saturated carbocycles. The molecule has 0 N–H and O–H groups in total. The summed E-state index contributed by atoms with van der Waals surface area (Å²) in [7, 11) is 0. The Morgan fingerprint density at radius 1 is 0.492 bits per heavy atom. The van der Waals surface area contributed by atoms with Crippen molar-refractivity contribution in [3.8, 4) is 56.7 Å². The van der Waals surface area contributed by atoms with E-state index in [0.717, 1.165) is 55.9 Å². The van der Waals surface area contributed by atoms with Gasteiger partial charge in [-0.05, 0) is 71.7 Å². The Kier molecular flexibility index (Phi) is 9.45. The highest BCUT2D eigenvalue weighted by atomic mass is 32.1. The first-order valence-corrected chi connectivity index (χ1v) is 20.5. The molecule has 0 fully saturated rings. The maximum Gasteiger partial charge on any atom is 0.164 e. The van der Waals surface area contributed by atoms with Crippen molar-refractivity contribution in [3.05, 3.63) is 199 Å². The van der Waals surface area contributed by atoms with Gasteiger partial charge in [0.1, 0.15) is 0 Å². The van der Waals surface area contributed by atoms with Crippen molar-refractivity contribution in [1.29, 1.82) is 0 Å². The van der Waals surface area contributed by atoms with Crippen molar-refractivity contribution in [3.63, 3.8) is 0 Å². The van der Waals surface area contributed by atoms with E-state index in [1.54, 1.807) is 0 Å². The van der Waals surface area contributed by atoms with E-state index in [1.807, 2.05) is 90.2 Å². The topological polar surface area (TPSA) is 64.5 Å². The van der Waals surface area contributed by atoms with Crippen LogP contribution >= 0.6 is 11.3 Å². The quantitative estimate of drug-likeness (QED) is 0.144. The van der Waals surface area contributed by atoms with Crippen molar-refractivity contribution in [1.82, 2.24) is 24.9 Å². The Morgan fingerprint density at radius 3 is 1.71 bits per heavy atom. The summed E-state index contributed by atoms with van der Waals surface area (Å²) in [6.45, 7) is 4.13. The highest BCUT2D eigenvalue weighted by Crippen LogP contribution is 2.44. The van der Waals surface area contributed by atoms with E-state index in [2.05, 4.69) is 123 Å². The van der Waals surface area contributed by atoms with Gasteiger partial charge in [0.2, 0.25) is 0 Å². The predicted molar refractivity (Wildman–Crippen MR) is 247 cm³/mol. The van der Waals surface area contributed by atoms with Gasteiger partial charge in [-0.2, -0.15) is 0 Å². The Bertz CT molecular complexity index is 3170. The molecule has 0 saturated heterocycles. The van der Waals surface area contributed by atoms with E-state index >= 15 is 0 Å². The average Bonchev–Trinajstić information content (AvgIpc) is 3.71. The van der Waals surface area contributed by atoms with Crippen molar-refractivity contribution in [2.75, 3.05) is 0 Å². The number of thiophene rings is 1. The van der Waals surface area contributed by atoms with Crippen LogP contribution in [0.3, 0.4) is 0 Å². The van der Waals surface area contributed by atoms with Crippen molar-refractivity contribution >= 4 is 53.4 Å². The fourth-order valence-corrected chi connectivity index (χ4v) is 8.95. The van der Waals surface area contributed by atoms with Gasteiger partial charge in [-0.1, -0.05) is 158 Å². The highest BCUT2D eigenvalue weighted by Gasteiger charge is 2.19. The first kappa shape index (κ1) is 36.0. The minimum atomic E-state index is 0.629. The van der Waals surface area contributed by atoms with E-state index < -0.39 is 0 Å². The van der Waals surface area contributed by atoms with E-state index in [9.17, 15) is 0 Å². The van der Waals surface area contributed by atoms with Gasteiger partial charge in [0.25, 0.3) is 0 Å². The normalized spacial score (nSPS) is 12.1. The summed E-state index contributed by atoms with van der Waals surface area (Å²) in [5.74, 6) is 2.59. The first-order chi connectivity index (χ1) is 29.1. The van der Waals surface area contributed by atoms with Gasteiger partial charge in [-0.15, -0.1) is 11.3 Å². The highest BCUT2D eigenvalue weighted by molar-refractivity contribution is 7.26. The molecular formula is C53H37N5S. The second kappa shape index (κ2) is 15.5. The van der Waals surface area contributed by atoms with Gasteiger partial charge in [0.15, 0.2) is 23.3 Å². The molecule has 0 aliphatic carbocycles. The Balaban J connectivity index is 1.10. The lowest BCUT2D eigenvalue weighted by molar-refractivity contribution is 1.03. The third kappa shape index (κ3) is 7.00. The standard InChI is InChI=1S/C53H37N5S/c1-3-35(30-34(2)50-56-52(37-20-9-5-10-21-37)58-53(57-50)38-22-11-6-12-23-38)39-25-17-26-41(31-39)45-33-46(55-51(54-45)36-18-7-4-8-19-36)44-32-40-24-13-14-27-42(40)49-48(44)43-28-15-16-29-47(43)59-49/h3-33H,1-2H3/b34-30+,35-3+. The number of hydrogen-bond acceptors (Lipinski definition) is 6. The molecule has 3 heterocycles. The van der Waals surface area contributed by atoms with Crippen molar-refractivity contribution in [2.45, 2.75) is 13.8 Å². The van der Waals surface area contributed by atoms with Crippen molar-refractivity contribution in [2.24, 2.45) is 0 Å². The second-order valence-corrected chi connectivity index (χ2v) is 15.5. The van der Waals surface area contributed by atoms with Crippen LogP contribution in [0.2, 0.25) is 0 Å². The van der Waals surface area contributed by atoms with Crippen LogP contribution in [0.1, 0.15) is 25.2 Å². The molecule has 0 aliphatic rings. The first-order valence-electron chi connectivity index (χ1n) is 19.7. The summed E-state index contributed by atoms with van der Waals surface area (Å²) in [6, 6.07) is 60.8. The molecule has 0 atom stereocenters. The summed E-state index contributed by atoms with van der Waals surface area (Å²) in [5, 5.41) is 4.91. The van der Waals surface area contributed by atoms with Crippen LogP contribution in [0.5, 0.6) is 0 Å². The fourth-order valence-electron chi connectivity index (χ4n) is 7.69. The minimum Gasteiger partial charge on any atom is -0.228 e. The Morgan fingerprint density at radius 2 is 1.05 bits per heavy atom. The molecule has 6 heteroatoms. The summed E-state index contributed by atoms with van der Waals surface area (Å²) in [4.78, 5) is 25.4. The molecule has 0 amide bonds. The van der Waals surface area contributed by atoms with E-state index in [0.29, 0.717) is 23.3 Å². The van der Waals surface area contributed by atoms with Crippen LogP contribution in [0.4, 0.5) is 0 Å². The molecule has 3 aromatic heterocycles. The number of aromatic nitrogens is 5. The largest absolute Gasteiger partial charge is 0.228 e. The Labute approximate surface area is 346 Å². The predicted octanol–water partition coefficient (Wildman–Crippen LogP) is 14.0. The number of benzene rings is 7. The molecule has 7 aromatic carbocycles. The third-order valence-electron chi connectivity index (χ3n) is 10.6. The van der Waals surface area contributed by atoms with Gasteiger partial charge in [-0.25, -0.2) is 24.9 Å². The smallest absolute Gasteiger partial charge is 0.164 e. The van der Waals surface area contributed by atoms with Gasteiger partial charge < -0.3 is 0 Å². The molecule has 59 heavy (non-hydrogen) atoms. The second-order valence-electron chi connectivity index (χ2n) is 14.5. The van der Waals surface area contributed by atoms with Crippen LogP contribution < -0.4 is 0 Å². The number of allylic oxidation sites excluding steroid dienone is 4. The van der Waals surface area contributed by atoms with Gasteiger partial charge in [0.05, 0.1) is 11.4 Å². The van der Waals surface area contributed by atoms with Crippen LogP contribution in [0, 0.1) is 0 Å². The molecule has 280 valence electrons. The van der Waals surface area contributed by atoms with Crippen LogP contribution in [-0.4, -0.2) is 24.9 Å². The zero-order valence-electron chi connectivity index (χ0n) is 32.5. The third-order valence-corrected chi connectivity index (χ3v) is 11.8. The fraction of sp³-hybridized carbons (Fsp3) is 0.0377. The average molecular weight is 776 g/mol. The summed E-state index contributed by atoms with van der Waals surface area (Å²) >= 11 is 1.84. The van der Waals surface area contributed by atoms with Crippen LogP contribution in [0.15, 0.2) is 188 Å². The lowest BCUT2D eigenvalue weighted by Crippen LogP contribution is -2.02. The van der Waals surface area contributed by atoms with Gasteiger partial charge in [0, 0.05) is 48.0 Å². The van der Waals surface area contributed by atoms with E-state index in [1.165, 1.54) is 30.9 Å². The number of hydrogen-bond donors (Lipinski definition) is 0. The maximum absolute atomic E-state index is 5.30. The maximum atomic E-state index is 5.30. The van der Waals surface area contributed by atoms with E-state index in [4.69, 9.17) is 24.9 Å². The lowest BCUT2D eigenvalue weighted by atomic mass is 9.96. The molecule has 0 radical (unpaired) electrons. The number of nitrogens with zero attached hydrogens (tertiary/aromatic N) is 5. The SMILES string of the molecule is C/C=C(\C=C(/C)c1nc(-c2ccccc2)nc(-c2ccccc2)n1)c1cccc(-c2cc(-c3cc4ccccc4c4sc5ccccc5c34)nc(-c3ccccc3)n2)c1. The zero-order chi connectivity index (χ0) is 39.7. The summed E-state index contributed by atoms with van der Waals surface area (Å²) in [5.41, 5.74) is 9.72.